The van der Waals surface area contributed by atoms with E-state index in [1.165, 1.54) is 25.5 Å². The van der Waals surface area contributed by atoms with E-state index in [1.54, 1.807) is 0 Å². The van der Waals surface area contributed by atoms with E-state index < -0.39 is 9.84 Å². The van der Waals surface area contributed by atoms with Crippen molar-refractivity contribution in [2.24, 2.45) is 0 Å². The van der Waals surface area contributed by atoms with E-state index in [0.717, 1.165) is 6.54 Å². The van der Waals surface area contributed by atoms with Crippen molar-refractivity contribution in [3.8, 4) is 0 Å². The van der Waals surface area contributed by atoms with Crippen molar-refractivity contribution in [1.82, 2.24) is 10.4 Å². The Morgan fingerprint density at radius 2 is 1.81 bits per heavy atom. The van der Waals surface area contributed by atoms with Crippen LogP contribution in [0.15, 0.2) is 0 Å². The number of nitrogens with zero attached hydrogens (tertiary/aromatic N) is 1. The standard InChI is InChI=1S/C11H24N2O2S/c1-10-6-4-7-11(2)13(10)12-8-5-9-16(3,14)15/h10-12H,4-9H2,1-3H3. The summed E-state index contributed by atoms with van der Waals surface area (Å²) in [5.41, 5.74) is 3.36. The molecule has 2 atom stereocenters. The van der Waals surface area contributed by atoms with E-state index in [0.29, 0.717) is 18.5 Å². The molecule has 0 aromatic rings. The van der Waals surface area contributed by atoms with Gasteiger partial charge >= 0.3 is 0 Å². The van der Waals surface area contributed by atoms with Crippen LogP contribution in [0.25, 0.3) is 0 Å². The molecule has 1 aliphatic heterocycles. The SMILES string of the molecule is CC1CCCC(C)N1NCCCS(C)(=O)=O. The summed E-state index contributed by atoms with van der Waals surface area (Å²) in [6.45, 7) is 5.19. The fourth-order valence-electron chi connectivity index (χ4n) is 2.28. The Hall–Kier alpha value is -0.130. The molecule has 4 nitrogen and oxygen atoms in total. The lowest BCUT2D eigenvalue weighted by atomic mass is 10.00. The minimum Gasteiger partial charge on any atom is -0.255 e. The largest absolute Gasteiger partial charge is 0.255 e. The van der Waals surface area contributed by atoms with Crippen molar-refractivity contribution in [1.29, 1.82) is 0 Å². The van der Waals surface area contributed by atoms with Gasteiger partial charge in [0.15, 0.2) is 0 Å². The zero-order valence-corrected chi connectivity index (χ0v) is 11.4. The molecule has 2 unspecified atom stereocenters. The van der Waals surface area contributed by atoms with Crippen molar-refractivity contribution < 1.29 is 8.42 Å². The molecular weight excluding hydrogens is 224 g/mol. The molecule has 0 saturated carbocycles. The summed E-state index contributed by atoms with van der Waals surface area (Å²) < 4.78 is 21.9. The molecule has 96 valence electrons. The van der Waals surface area contributed by atoms with E-state index in [2.05, 4.69) is 24.3 Å². The van der Waals surface area contributed by atoms with Gasteiger partial charge in [-0.1, -0.05) is 6.42 Å². The van der Waals surface area contributed by atoms with Crippen molar-refractivity contribution >= 4 is 9.84 Å². The number of piperidine rings is 1. The zero-order valence-electron chi connectivity index (χ0n) is 10.6. The molecule has 1 saturated heterocycles. The molecule has 16 heavy (non-hydrogen) atoms. The molecule has 0 amide bonds. The van der Waals surface area contributed by atoms with Crippen LogP contribution in [-0.2, 0) is 9.84 Å². The summed E-state index contributed by atoms with van der Waals surface area (Å²) in [4.78, 5) is 0. The van der Waals surface area contributed by atoms with E-state index in [9.17, 15) is 8.42 Å². The minimum absolute atomic E-state index is 0.274. The van der Waals surface area contributed by atoms with Gasteiger partial charge in [-0.2, -0.15) is 0 Å². The van der Waals surface area contributed by atoms with Gasteiger partial charge in [0.05, 0.1) is 5.75 Å². The van der Waals surface area contributed by atoms with Gasteiger partial charge in [-0.15, -0.1) is 0 Å². The molecule has 0 aliphatic carbocycles. The van der Waals surface area contributed by atoms with E-state index in [4.69, 9.17) is 0 Å². The summed E-state index contributed by atoms with van der Waals surface area (Å²) in [5, 5.41) is 2.28. The predicted octanol–water partition coefficient (Wildman–Crippen LogP) is 1.19. The molecule has 5 heteroatoms. The maximum Gasteiger partial charge on any atom is 0.147 e. The van der Waals surface area contributed by atoms with E-state index in [1.807, 2.05) is 0 Å². The van der Waals surface area contributed by atoms with Crippen LogP contribution >= 0.6 is 0 Å². The van der Waals surface area contributed by atoms with Crippen molar-refractivity contribution in [2.75, 3.05) is 18.6 Å². The first-order chi connectivity index (χ1) is 7.40. The van der Waals surface area contributed by atoms with Crippen LogP contribution in [0.1, 0.15) is 39.5 Å². The van der Waals surface area contributed by atoms with Crippen LogP contribution < -0.4 is 5.43 Å². The molecule has 0 radical (unpaired) electrons. The van der Waals surface area contributed by atoms with Crippen LogP contribution in [0, 0.1) is 0 Å². The summed E-state index contributed by atoms with van der Waals surface area (Å²) in [7, 11) is -2.81. The molecule has 1 fully saturated rings. The number of nitrogens with one attached hydrogen (secondary N) is 1. The molecule has 1 aliphatic rings. The average Bonchev–Trinajstić information content (AvgIpc) is 2.14. The molecule has 1 N–H and O–H groups in total. The van der Waals surface area contributed by atoms with Crippen LogP contribution in [0.3, 0.4) is 0 Å². The minimum atomic E-state index is -2.81. The van der Waals surface area contributed by atoms with Gasteiger partial charge in [0.2, 0.25) is 0 Å². The van der Waals surface area contributed by atoms with Gasteiger partial charge in [0, 0.05) is 24.9 Å². The summed E-state index contributed by atoms with van der Waals surface area (Å²) in [6.07, 6.45) is 5.73. The van der Waals surface area contributed by atoms with Crippen molar-refractivity contribution in [3.05, 3.63) is 0 Å². The maximum atomic E-state index is 11.0. The average molecular weight is 248 g/mol. The second kappa shape index (κ2) is 5.98. The Morgan fingerprint density at radius 3 is 2.31 bits per heavy atom. The van der Waals surface area contributed by atoms with Gasteiger partial charge in [0.25, 0.3) is 0 Å². The van der Waals surface area contributed by atoms with Gasteiger partial charge in [-0.3, -0.25) is 5.43 Å². The molecule has 0 spiro atoms. The smallest absolute Gasteiger partial charge is 0.147 e. The number of rotatable bonds is 5. The Balaban J connectivity index is 2.25. The Bertz CT molecular complexity index is 293. The highest BCUT2D eigenvalue weighted by molar-refractivity contribution is 7.90. The molecule has 0 aromatic heterocycles. The Labute approximate surface area is 99.3 Å². The highest BCUT2D eigenvalue weighted by atomic mass is 32.2. The first kappa shape index (κ1) is 13.9. The topological polar surface area (TPSA) is 49.4 Å². The molecule has 1 heterocycles. The normalized spacial score (nSPS) is 28.2. The van der Waals surface area contributed by atoms with Crippen LogP contribution in [0.2, 0.25) is 0 Å². The third kappa shape index (κ3) is 4.80. The van der Waals surface area contributed by atoms with Crippen molar-refractivity contribution in [3.63, 3.8) is 0 Å². The van der Waals surface area contributed by atoms with Gasteiger partial charge in [0.1, 0.15) is 9.84 Å². The quantitative estimate of drug-likeness (QED) is 0.743. The predicted molar refractivity (Wildman–Crippen MR) is 66.9 cm³/mol. The Morgan fingerprint density at radius 1 is 1.25 bits per heavy atom. The fraction of sp³-hybridized carbons (Fsp3) is 1.00. The first-order valence-corrected chi connectivity index (χ1v) is 8.16. The molecular formula is C11H24N2O2S. The molecule has 1 rings (SSSR count). The lowest BCUT2D eigenvalue weighted by molar-refractivity contribution is 0.0467. The maximum absolute atomic E-state index is 11.0. The number of hydrogen-bond acceptors (Lipinski definition) is 4. The third-order valence-corrected chi connectivity index (χ3v) is 4.21. The second-order valence-electron chi connectivity index (χ2n) is 4.93. The highest BCUT2D eigenvalue weighted by Gasteiger charge is 2.23. The van der Waals surface area contributed by atoms with Gasteiger partial charge in [-0.25, -0.2) is 13.4 Å². The number of hydrogen-bond donors (Lipinski definition) is 1. The second-order valence-corrected chi connectivity index (χ2v) is 7.19. The van der Waals surface area contributed by atoms with Crippen LogP contribution in [-0.4, -0.2) is 44.1 Å². The summed E-state index contributed by atoms with van der Waals surface area (Å²) in [5.74, 6) is 0.274. The lowest BCUT2D eigenvalue weighted by Gasteiger charge is -2.39. The lowest BCUT2D eigenvalue weighted by Crippen LogP contribution is -2.52. The van der Waals surface area contributed by atoms with Gasteiger partial charge in [-0.05, 0) is 33.1 Å². The Kier molecular flexibility index (Phi) is 5.21. The zero-order chi connectivity index (χ0) is 12.2. The third-order valence-electron chi connectivity index (χ3n) is 3.18. The monoisotopic (exact) mass is 248 g/mol. The molecule has 0 bridgehead atoms. The van der Waals surface area contributed by atoms with E-state index in [-0.39, 0.29) is 5.75 Å². The summed E-state index contributed by atoms with van der Waals surface area (Å²) >= 11 is 0. The van der Waals surface area contributed by atoms with E-state index >= 15 is 0 Å². The molecule has 0 aromatic carbocycles. The van der Waals surface area contributed by atoms with Crippen LogP contribution in [0.5, 0.6) is 0 Å². The number of hydrazine groups is 1. The van der Waals surface area contributed by atoms with Crippen LogP contribution in [0.4, 0.5) is 0 Å². The fourth-order valence-corrected chi connectivity index (χ4v) is 2.94. The van der Waals surface area contributed by atoms with Crippen molar-refractivity contribution in [2.45, 2.75) is 51.6 Å². The summed E-state index contributed by atoms with van der Waals surface area (Å²) in [6, 6.07) is 1.11. The highest BCUT2D eigenvalue weighted by Crippen LogP contribution is 2.19. The first-order valence-electron chi connectivity index (χ1n) is 6.10. The number of sulfone groups is 1. The van der Waals surface area contributed by atoms with Gasteiger partial charge < -0.3 is 0 Å².